The number of amides is 2. The summed E-state index contributed by atoms with van der Waals surface area (Å²) in [6.45, 7) is 4.00. The van der Waals surface area contributed by atoms with E-state index < -0.39 is 0 Å². The van der Waals surface area contributed by atoms with E-state index in [1.807, 2.05) is 12.4 Å². The van der Waals surface area contributed by atoms with Gasteiger partial charge in [0.1, 0.15) is 5.82 Å². The summed E-state index contributed by atoms with van der Waals surface area (Å²) in [6, 6.07) is 1.76. The first-order valence-corrected chi connectivity index (χ1v) is 10.7. The lowest BCUT2D eigenvalue weighted by Crippen LogP contribution is -2.44. The fourth-order valence-corrected chi connectivity index (χ4v) is 4.42. The monoisotopic (exact) mass is 415 g/mol. The van der Waals surface area contributed by atoms with Gasteiger partial charge < -0.3 is 19.9 Å². The van der Waals surface area contributed by atoms with Crippen molar-refractivity contribution < 1.29 is 14.3 Å². The van der Waals surface area contributed by atoms with Gasteiger partial charge in [-0.3, -0.25) is 9.59 Å². The van der Waals surface area contributed by atoms with Gasteiger partial charge in [0.25, 0.3) is 5.91 Å². The van der Waals surface area contributed by atoms with E-state index in [1.54, 1.807) is 40.4 Å². The van der Waals surface area contributed by atoms with Crippen molar-refractivity contribution in [1.29, 1.82) is 0 Å². The highest BCUT2D eigenvalue weighted by molar-refractivity contribution is 7.09. The van der Waals surface area contributed by atoms with Gasteiger partial charge in [0.15, 0.2) is 0 Å². The van der Waals surface area contributed by atoms with E-state index in [0.717, 1.165) is 31.6 Å². The summed E-state index contributed by atoms with van der Waals surface area (Å²) < 4.78 is 5.70. The standard InChI is InChI=1S/C20H25N5O3S/c1-13-17(29-12-23-13)5-6-24(2)20(27)14-8-16-19(21-9-14)22-10-18(26)25(16)11-15-4-3-7-28-15/h8-9,12,15H,3-7,10-11H2,1-2H3,(H,21,22). The van der Waals surface area contributed by atoms with E-state index in [4.69, 9.17) is 4.74 Å². The van der Waals surface area contributed by atoms with E-state index in [1.165, 1.54) is 4.88 Å². The van der Waals surface area contributed by atoms with Crippen molar-refractivity contribution in [3.63, 3.8) is 0 Å². The van der Waals surface area contributed by atoms with Crippen LogP contribution in [0.5, 0.6) is 0 Å². The Morgan fingerprint density at radius 1 is 1.45 bits per heavy atom. The normalized spacial score (nSPS) is 18.5. The molecule has 154 valence electrons. The van der Waals surface area contributed by atoms with E-state index in [9.17, 15) is 9.59 Å². The third kappa shape index (κ3) is 4.25. The molecule has 29 heavy (non-hydrogen) atoms. The van der Waals surface area contributed by atoms with Crippen LogP contribution in [0.15, 0.2) is 17.8 Å². The number of nitrogens with one attached hydrogen (secondary N) is 1. The van der Waals surface area contributed by atoms with Gasteiger partial charge in [-0.05, 0) is 25.8 Å². The number of likely N-dealkylation sites (N-methyl/N-ethyl adjacent to an activating group) is 1. The van der Waals surface area contributed by atoms with Crippen LogP contribution >= 0.6 is 11.3 Å². The Kier molecular flexibility index (Phi) is 5.77. The van der Waals surface area contributed by atoms with Gasteiger partial charge in [0.05, 0.1) is 41.6 Å². The van der Waals surface area contributed by atoms with Crippen LogP contribution in [0, 0.1) is 6.92 Å². The number of hydrogen-bond donors (Lipinski definition) is 1. The lowest BCUT2D eigenvalue weighted by Gasteiger charge is -2.31. The molecule has 0 aromatic carbocycles. The maximum absolute atomic E-state index is 12.9. The third-order valence-corrected chi connectivity index (χ3v) is 6.38. The van der Waals surface area contributed by atoms with Crippen LogP contribution < -0.4 is 10.2 Å². The Morgan fingerprint density at radius 3 is 3.03 bits per heavy atom. The number of rotatable bonds is 6. The Bertz CT molecular complexity index is 909. The summed E-state index contributed by atoms with van der Waals surface area (Å²) in [5.74, 6) is 0.480. The number of nitrogens with zero attached hydrogens (tertiary/aromatic N) is 4. The summed E-state index contributed by atoms with van der Waals surface area (Å²) >= 11 is 1.61. The fourth-order valence-electron chi connectivity index (χ4n) is 3.65. The first-order valence-electron chi connectivity index (χ1n) is 9.83. The highest BCUT2D eigenvalue weighted by Gasteiger charge is 2.30. The molecule has 1 fully saturated rings. The number of aryl methyl sites for hydroxylation is 1. The molecule has 2 amide bonds. The number of carbonyl (C=O) groups is 2. The van der Waals surface area contributed by atoms with Crippen LogP contribution in [-0.2, 0) is 16.0 Å². The summed E-state index contributed by atoms with van der Waals surface area (Å²) in [4.78, 5) is 38.7. The molecule has 0 spiro atoms. The molecule has 0 bridgehead atoms. The highest BCUT2D eigenvalue weighted by Crippen LogP contribution is 2.30. The van der Waals surface area contributed by atoms with Gasteiger partial charge in [-0.1, -0.05) is 0 Å². The zero-order chi connectivity index (χ0) is 20.4. The first kappa shape index (κ1) is 19.8. The molecule has 1 saturated heterocycles. The van der Waals surface area contributed by atoms with E-state index in [0.29, 0.717) is 30.2 Å². The minimum Gasteiger partial charge on any atom is -0.376 e. The van der Waals surface area contributed by atoms with Gasteiger partial charge in [-0.25, -0.2) is 9.97 Å². The van der Waals surface area contributed by atoms with Crippen molar-refractivity contribution in [3.05, 3.63) is 33.9 Å². The lowest BCUT2D eigenvalue weighted by atomic mass is 10.1. The quantitative estimate of drug-likeness (QED) is 0.777. The molecule has 8 nitrogen and oxygen atoms in total. The van der Waals surface area contributed by atoms with Crippen LogP contribution in [0.2, 0.25) is 0 Å². The summed E-state index contributed by atoms with van der Waals surface area (Å²) in [5.41, 5.74) is 3.96. The number of fused-ring (bicyclic) bond motifs is 1. The van der Waals surface area contributed by atoms with Crippen molar-refractivity contribution in [2.24, 2.45) is 0 Å². The smallest absolute Gasteiger partial charge is 0.255 e. The zero-order valence-electron chi connectivity index (χ0n) is 16.7. The Hall–Kier alpha value is -2.52. The predicted molar refractivity (Wildman–Crippen MR) is 112 cm³/mol. The van der Waals surface area contributed by atoms with Crippen molar-refractivity contribution in [2.45, 2.75) is 32.3 Å². The fraction of sp³-hybridized carbons (Fsp3) is 0.500. The Morgan fingerprint density at radius 2 is 2.31 bits per heavy atom. The molecular formula is C20H25N5O3S. The molecule has 2 aromatic heterocycles. The molecule has 2 aliphatic heterocycles. The first-order chi connectivity index (χ1) is 14.0. The van der Waals surface area contributed by atoms with E-state index in [2.05, 4.69) is 15.3 Å². The SMILES string of the molecule is Cc1ncsc1CCN(C)C(=O)c1cnc2c(c1)N(CC1CCCO1)C(=O)CN2. The minimum atomic E-state index is -0.113. The minimum absolute atomic E-state index is 0.0339. The number of anilines is 2. The number of thiazole rings is 1. The van der Waals surface area contributed by atoms with Gasteiger partial charge in [-0.15, -0.1) is 11.3 Å². The summed E-state index contributed by atoms with van der Waals surface area (Å²) in [5, 5.41) is 3.04. The lowest BCUT2D eigenvalue weighted by molar-refractivity contribution is -0.117. The second kappa shape index (κ2) is 8.46. The van der Waals surface area contributed by atoms with Crippen LogP contribution in [-0.4, -0.2) is 66.1 Å². The molecule has 9 heteroatoms. The molecule has 1 N–H and O–H groups in total. The Balaban J connectivity index is 1.49. The highest BCUT2D eigenvalue weighted by atomic mass is 32.1. The van der Waals surface area contributed by atoms with Gasteiger partial charge in [0.2, 0.25) is 5.91 Å². The number of pyridine rings is 1. The topological polar surface area (TPSA) is 87.7 Å². The van der Waals surface area contributed by atoms with Crippen LogP contribution in [0.3, 0.4) is 0 Å². The Labute approximate surface area is 173 Å². The number of carbonyl (C=O) groups excluding carboxylic acids is 2. The molecule has 4 heterocycles. The second-order valence-electron chi connectivity index (χ2n) is 7.42. The maximum Gasteiger partial charge on any atom is 0.255 e. The largest absolute Gasteiger partial charge is 0.376 e. The summed E-state index contributed by atoms with van der Waals surface area (Å²) in [6.07, 6.45) is 4.33. The average molecular weight is 416 g/mol. The van der Waals surface area contributed by atoms with E-state index >= 15 is 0 Å². The van der Waals surface area contributed by atoms with Gasteiger partial charge >= 0.3 is 0 Å². The van der Waals surface area contributed by atoms with Gasteiger partial charge in [0, 0.05) is 37.7 Å². The van der Waals surface area contributed by atoms with Crippen LogP contribution in [0.1, 0.15) is 33.8 Å². The predicted octanol–water partition coefficient (Wildman–Crippen LogP) is 2.10. The molecule has 2 aliphatic rings. The van der Waals surface area contributed by atoms with E-state index in [-0.39, 0.29) is 24.5 Å². The third-order valence-electron chi connectivity index (χ3n) is 5.39. The zero-order valence-corrected chi connectivity index (χ0v) is 17.5. The number of aromatic nitrogens is 2. The maximum atomic E-state index is 12.9. The molecule has 0 saturated carbocycles. The number of hydrogen-bond acceptors (Lipinski definition) is 7. The molecule has 1 atom stereocenters. The molecule has 2 aromatic rings. The van der Waals surface area contributed by atoms with Crippen LogP contribution in [0.25, 0.3) is 0 Å². The molecular weight excluding hydrogens is 390 g/mol. The summed E-state index contributed by atoms with van der Waals surface area (Å²) in [7, 11) is 1.78. The molecule has 0 aliphatic carbocycles. The van der Waals surface area contributed by atoms with Crippen LogP contribution in [0.4, 0.5) is 11.5 Å². The van der Waals surface area contributed by atoms with Crippen molar-refractivity contribution in [3.8, 4) is 0 Å². The van der Waals surface area contributed by atoms with Crippen molar-refractivity contribution >= 4 is 34.7 Å². The molecule has 0 radical (unpaired) electrons. The van der Waals surface area contributed by atoms with Gasteiger partial charge in [-0.2, -0.15) is 0 Å². The number of ether oxygens (including phenoxy) is 1. The molecule has 4 rings (SSSR count). The van der Waals surface area contributed by atoms with Crippen molar-refractivity contribution in [1.82, 2.24) is 14.9 Å². The molecule has 1 unspecified atom stereocenters. The average Bonchev–Trinajstić information content (AvgIpc) is 3.39. The second-order valence-corrected chi connectivity index (χ2v) is 8.36. The van der Waals surface area contributed by atoms with Crippen molar-refractivity contribution in [2.75, 3.05) is 43.5 Å².